The van der Waals surface area contributed by atoms with Crippen LogP contribution in [0, 0.1) is 0 Å². The van der Waals surface area contributed by atoms with Gasteiger partial charge in [0.15, 0.2) is 0 Å². The van der Waals surface area contributed by atoms with E-state index in [2.05, 4.69) is 39.5 Å². The molecule has 0 bridgehead atoms. The summed E-state index contributed by atoms with van der Waals surface area (Å²) in [5.41, 5.74) is 5.73. The number of hydrogen-bond donors (Lipinski definition) is 1. The third-order valence-electron chi connectivity index (χ3n) is 1.83. The first-order valence-corrected chi connectivity index (χ1v) is 4.46. The predicted molar refractivity (Wildman–Crippen MR) is 50.6 cm³/mol. The van der Waals surface area contributed by atoms with Crippen LogP contribution in [0.1, 0.15) is 34.6 Å². The van der Waals surface area contributed by atoms with Gasteiger partial charge in [-0.3, -0.25) is 4.90 Å². The van der Waals surface area contributed by atoms with Crippen molar-refractivity contribution in [2.75, 3.05) is 6.54 Å². The predicted octanol–water partition coefficient (Wildman–Crippen LogP) is 1.45. The van der Waals surface area contributed by atoms with Crippen LogP contribution in [0.15, 0.2) is 0 Å². The molecular formula is C9H22N2. The fourth-order valence-electron chi connectivity index (χ4n) is 1.35. The highest BCUT2D eigenvalue weighted by Gasteiger charge is 2.13. The Labute approximate surface area is 70.8 Å². The normalized spacial score (nSPS) is 15.0. The summed E-state index contributed by atoms with van der Waals surface area (Å²) >= 11 is 0. The fourth-order valence-corrected chi connectivity index (χ4v) is 1.35. The molecule has 0 heterocycles. The van der Waals surface area contributed by atoms with Gasteiger partial charge in [0.25, 0.3) is 0 Å². The lowest BCUT2D eigenvalue weighted by molar-refractivity contribution is 0.167. The topological polar surface area (TPSA) is 29.3 Å². The molecule has 2 nitrogen and oxygen atoms in total. The van der Waals surface area contributed by atoms with E-state index in [9.17, 15) is 0 Å². The molecule has 11 heavy (non-hydrogen) atoms. The summed E-state index contributed by atoms with van der Waals surface area (Å²) in [7, 11) is 0. The summed E-state index contributed by atoms with van der Waals surface area (Å²) in [6.07, 6.45) is 0. The fraction of sp³-hybridized carbons (Fsp3) is 1.00. The maximum Gasteiger partial charge on any atom is 0.0139 e. The second kappa shape index (κ2) is 4.73. The van der Waals surface area contributed by atoms with Gasteiger partial charge in [-0.2, -0.15) is 0 Å². The van der Waals surface area contributed by atoms with E-state index in [0.717, 1.165) is 6.54 Å². The summed E-state index contributed by atoms with van der Waals surface area (Å²) in [6.45, 7) is 11.9. The first-order chi connectivity index (χ1) is 4.95. The Hall–Kier alpha value is -0.0800. The Morgan fingerprint density at radius 1 is 1.00 bits per heavy atom. The second-order valence-corrected chi connectivity index (χ2v) is 3.86. The van der Waals surface area contributed by atoms with Crippen molar-refractivity contribution in [2.24, 2.45) is 5.73 Å². The van der Waals surface area contributed by atoms with E-state index in [1.807, 2.05) is 0 Å². The van der Waals surface area contributed by atoms with E-state index >= 15 is 0 Å². The molecule has 0 saturated heterocycles. The highest BCUT2D eigenvalue weighted by molar-refractivity contribution is 4.70. The van der Waals surface area contributed by atoms with Gasteiger partial charge >= 0.3 is 0 Å². The van der Waals surface area contributed by atoms with Gasteiger partial charge in [0, 0.05) is 24.7 Å². The van der Waals surface area contributed by atoms with Crippen LogP contribution in [-0.4, -0.2) is 29.6 Å². The van der Waals surface area contributed by atoms with Gasteiger partial charge in [-0.25, -0.2) is 0 Å². The first-order valence-electron chi connectivity index (χ1n) is 4.46. The molecule has 0 aliphatic heterocycles. The summed E-state index contributed by atoms with van der Waals surface area (Å²) in [4.78, 5) is 2.41. The third-order valence-corrected chi connectivity index (χ3v) is 1.83. The quantitative estimate of drug-likeness (QED) is 0.671. The zero-order valence-electron chi connectivity index (χ0n) is 8.46. The van der Waals surface area contributed by atoms with Gasteiger partial charge in [-0.15, -0.1) is 0 Å². The van der Waals surface area contributed by atoms with Crippen molar-refractivity contribution >= 4 is 0 Å². The largest absolute Gasteiger partial charge is 0.327 e. The van der Waals surface area contributed by atoms with Crippen LogP contribution in [0.25, 0.3) is 0 Å². The maximum atomic E-state index is 5.73. The smallest absolute Gasteiger partial charge is 0.0139 e. The second-order valence-electron chi connectivity index (χ2n) is 3.86. The lowest BCUT2D eigenvalue weighted by Crippen LogP contribution is -2.43. The SMILES string of the molecule is CC(C)N(C[C@@H](C)N)C(C)C. The lowest BCUT2D eigenvalue weighted by atomic mass is 10.2. The highest BCUT2D eigenvalue weighted by Crippen LogP contribution is 2.04. The highest BCUT2D eigenvalue weighted by atomic mass is 15.2. The van der Waals surface area contributed by atoms with Gasteiger partial charge in [-0.1, -0.05) is 0 Å². The standard InChI is InChI=1S/C9H22N2/c1-7(2)11(8(3)4)6-9(5)10/h7-9H,6,10H2,1-5H3/t9-/m1/s1. The molecule has 2 heteroatoms. The zero-order valence-corrected chi connectivity index (χ0v) is 8.46. The molecule has 0 fully saturated rings. The van der Waals surface area contributed by atoms with Crippen molar-refractivity contribution in [3.8, 4) is 0 Å². The van der Waals surface area contributed by atoms with Crippen molar-refractivity contribution in [1.29, 1.82) is 0 Å². The molecule has 0 unspecified atom stereocenters. The molecule has 0 amide bonds. The zero-order chi connectivity index (χ0) is 9.02. The summed E-state index contributed by atoms with van der Waals surface area (Å²) in [6, 6.07) is 1.47. The van der Waals surface area contributed by atoms with E-state index in [1.165, 1.54) is 0 Å². The Morgan fingerprint density at radius 3 is 1.45 bits per heavy atom. The third kappa shape index (κ3) is 4.38. The average molecular weight is 158 g/mol. The molecule has 68 valence electrons. The molecular weight excluding hydrogens is 136 g/mol. The van der Waals surface area contributed by atoms with Crippen LogP contribution in [0.5, 0.6) is 0 Å². The van der Waals surface area contributed by atoms with Crippen LogP contribution in [0.4, 0.5) is 0 Å². The van der Waals surface area contributed by atoms with Crippen LogP contribution in [-0.2, 0) is 0 Å². The molecule has 0 radical (unpaired) electrons. The molecule has 0 aromatic rings. The Morgan fingerprint density at radius 2 is 1.36 bits per heavy atom. The summed E-state index contributed by atoms with van der Waals surface area (Å²) in [5.74, 6) is 0. The lowest BCUT2D eigenvalue weighted by Gasteiger charge is -2.31. The van der Waals surface area contributed by atoms with Crippen molar-refractivity contribution in [3.63, 3.8) is 0 Å². The monoisotopic (exact) mass is 158 g/mol. The van der Waals surface area contributed by atoms with Crippen molar-refractivity contribution < 1.29 is 0 Å². The number of hydrogen-bond acceptors (Lipinski definition) is 2. The number of nitrogens with zero attached hydrogens (tertiary/aromatic N) is 1. The number of rotatable bonds is 4. The first kappa shape index (κ1) is 10.9. The molecule has 0 spiro atoms. The van der Waals surface area contributed by atoms with Crippen molar-refractivity contribution in [3.05, 3.63) is 0 Å². The van der Waals surface area contributed by atoms with E-state index in [-0.39, 0.29) is 6.04 Å². The molecule has 2 N–H and O–H groups in total. The van der Waals surface area contributed by atoms with Crippen LogP contribution < -0.4 is 5.73 Å². The van der Waals surface area contributed by atoms with Gasteiger partial charge in [0.1, 0.15) is 0 Å². The van der Waals surface area contributed by atoms with Crippen LogP contribution >= 0.6 is 0 Å². The van der Waals surface area contributed by atoms with Crippen molar-refractivity contribution in [1.82, 2.24) is 4.90 Å². The van der Waals surface area contributed by atoms with Gasteiger partial charge in [0.2, 0.25) is 0 Å². The Kier molecular flexibility index (Phi) is 4.69. The molecule has 0 saturated carbocycles. The van der Waals surface area contributed by atoms with E-state index in [4.69, 9.17) is 5.73 Å². The molecule has 0 aliphatic rings. The Balaban J connectivity index is 3.90. The minimum absolute atomic E-state index is 0.278. The van der Waals surface area contributed by atoms with E-state index < -0.39 is 0 Å². The molecule has 1 atom stereocenters. The molecule has 0 aromatic carbocycles. The molecule has 0 aromatic heterocycles. The minimum Gasteiger partial charge on any atom is -0.327 e. The number of nitrogens with two attached hydrogens (primary N) is 1. The molecule has 0 aliphatic carbocycles. The van der Waals surface area contributed by atoms with Crippen LogP contribution in [0.2, 0.25) is 0 Å². The summed E-state index contributed by atoms with van der Waals surface area (Å²) < 4.78 is 0. The average Bonchev–Trinajstić information content (AvgIpc) is 1.81. The van der Waals surface area contributed by atoms with E-state index in [1.54, 1.807) is 0 Å². The van der Waals surface area contributed by atoms with Crippen LogP contribution in [0.3, 0.4) is 0 Å². The molecule has 0 rings (SSSR count). The minimum atomic E-state index is 0.278. The summed E-state index contributed by atoms with van der Waals surface area (Å²) in [5, 5.41) is 0. The van der Waals surface area contributed by atoms with Gasteiger partial charge in [-0.05, 0) is 34.6 Å². The maximum absolute atomic E-state index is 5.73. The van der Waals surface area contributed by atoms with Gasteiger partial charge in [0.05, 0.1) is 0 Å². The van der Waals surface area contributed by atoms with Crippen molar-refractivity contribution in [2.45, 2.75) is 52.7 Å². The Bertz CT molecular complexity index is 89.7. The van der Waals surface area contributed by atoms with Gasteiger partial charge < -0.3 is 5.73 Å². The van der Waals surface area contributed by atoms with E-state index in [0.29, 0.717) is 12.1 Å².